The smallest absolute Gasteiger partial charge is 0.254 e. The van der Waals surface area contributed by atoms with Gasteiger partial charge in [-0.15, -0.1) is 0 Å². The summed E-state index contributed by atoms with van der Waals surface area (Å²) in [5.74, 6) is 0.485. The van der Waals surface area contributed by atoms with Crippen LogP contribution in [0.3, 0.4) is 0 Å². The highest BCUT2D eigenvalue weighted by Gasteiger charge is 2.27. The molecule has 1 saturated heterocycles. The minimum absolute atomic E-state index is 0.0192. The van der Waals surface area contributed by atoms with Crippen LogP contribution >= 0.6 is 0 Å². The van der Waals surface area contributed by atoms with Gasteiger partial charge in [0.1, 0.15) is 11.3 Å². The van der Waals surface area contributed by atoms with Gasteiger partial charge in [0, 0.05) is 57.0 Å². The molecule has 2 fully saturated rings. The van der Waals surface area contributed by atoms with Gasteiger partial charge >= 0.3 is 0 Å². The van der Waals surface area contributed by atoms with Gasteiger partial charge in [-0.2, -0.15) is 5.10 Å². The first kappa shape index (κ1) is 19.9. The van der Waals surface area contributed by atoms with E-state index in [1.807, 2.05) is 42.8 Å². The van der Waals surface area contributed by atoms with Crippen LogP contribution in [0.15, 0.2) is 29.2 Å². The standard InChI is InChI=1S/C23H28N6O2/c1-3-21(30)19-6-7-20(15(2)24-19)28-10-8-27(9-11-28)13-17-12-22-25-23(31)18(16-4-5-16)14-29(22)26-17/h6-7,12,14,16H,3-5,8-11,13H2,1-2H3,(H,25,31). The Morgan fingerprint density at radius 3 is 2.65 bits per heavy atom. The van der Waals surface area contributed by atoms with Crippen LogP contribution < -0.4 is 10.5 Å². The molecule has 0 aromatic carbocycles. The second kappa shape index (κ2) is 7.92. The van der Waals surface area contributed by atoms with Gasteiger partial charge in [-0.25, -0.2) is 9.50 Å². The fraction of sp³-hybridized carbons (Fsp3) is 0.478. The number of pyridine rings is 1. The van der Waals surface area contributed by atoms with Crippen LogP contribution in [-0.4, -0.2) is 56.4 Å². The van der Waals surface area contributed by atoms with Crippen molar-refractivity contribution in [3.63, 3.8) is 0 Å². The second-order valence-corrected chi connectivity index (χ2v) is 8.62. The zero-order valence-corrected chi connectivity index (χ0v) is 18.1. The van der Waals surface area contributed by atoms with Crippen LogP contribution in [0, 0.1) is 6.92 Å². The van der Waals surface area contributed by atoms with E-state index in [-0.39, 0.29) is 11.3 Å². The summed E-state index contributed by atoms with van der Waals surface area (Å²) in [4.78, 5) is 36.4. The molecular formula is C23H28N6O2. The van der Waals surface area contributed by atoms with Crippen molar-refractivity contribution in [1.29, 1.82) is 0 Å². The zero-order chi connectivity index (χ0) is 21.5. The monoisotopic (exact) mass is 420 g/mol. The molecule has 2 aliphatic rings. The van der Waals surface area contributed by atoms with Gasteiger partial charge in [-0.05, 0) is 37.8 Å². The van der Waals surface area contributed by atoms with Crippen molar-refractivity contribution in [2.24, 2.45) is 0 Å². The molecule has 8 nitrogen and oxygen atoms in total. The molecule has 0 radical (unpaired) electrons. The Kier molecular flexibility index (Phi) is 5.09. The Labute approximate surface area is 180 Å². The van der Waals surface area contributed by atoms with Gasteiger partial charge in [0.25, 0.3) is 5.56 Å². The first-order valence-electron chi connectivity index (χ1n) is 11.1. The van der Waals surface area contributed by atoms with Crippen molar-refractivity contribution in [2.45, 2.75) is 45.6 Å². The number of carbonyl (C=O) groups excluding carboxylic acids is 1. The van der Waals surface area contributed by atoms with Crippen molar-refractivity contribution in [3.05, 3.63) is 57.4 Å². The van der Waals surface area contributed by atoms with E-state index in [1.165, 1.54) is 0 Å². The van der Waals surface area contributed by atoms with E-state index in [1.54, 1.807) is 0 Å². The molecule has 1 aliphatic carbocycles. The number of aryl methyl sites for hydroxylation is 1. The summed E-state index contributed by atoms with van der Waals surface area (Å²) in [5.41, 5.74) is 5.16. The third-order valence-electron chi connectivity index (χ3n) is 6.33. The minimum Gasteiger partial charge on any atom is -0.368 e. The van der Waals surface area contributed by atoms with Crippen molar-refractivity contribution >= 4 is 17.1 Å². The fourth-order valence-electron chi connectivity index (χ4n) is 4.38. The molecule has 162 valence electrons. The summed E-state index contributed by atoms with van der Waals surface area (Å²) in [7, 11) is 0. The SMILES string of the molecule is CCC(=O)c1ccc(N2CCN(Cc3cc4[nH]c(=O)c(C5CC5)cn4n3)CC2)c(C)n1. The van der Waals surface area contributed by atoms with E-state index >= 15 is 0 Å². The van der Waals surface area contributed by atoms with Crippen molar-refractivity contribution in [1.82, 2.24) is 24.5 Å². The van der Waals surface area contributed by atoms with E-state index in [9.17, 15) is 9.59 Å². The van der Waals surface area contributed by atoms with Gasteiger partial charge in [0.15, 0.2) is 5.78 Å². The molecule has 31 heavy (non-hydrogen) atoms. The molecule has 0 amide bonds. The number of Topliss-reactive ketones (excluding diaryl/α,β-unsaturated/α-hetero) is 1. The Bertz CT molecular complexity index is 1180. The molecular weight excluding hydrogens is 392 g/mol. The molecule has 0 unspecified atom stereocenters. The second-order valence-electron chi connectivity index (χ2n) is 8.62. The van der Waals surface area contributed by atoms with Crippen molar-refractivity contribution < 1.29 is 4.79 Å². The Morgan fingerprint density at radius 1 is 1.19 bits per heavy atom. The predicted molar refractivity (Wildman–Crippen MR) is 119 cm³/mol. The zero-order valence-electron chi connectivity index (χ0n) is 18.1. The number of hydrogen-bond donors (Lipinski definition) is 1. The summed E-state index contributed by atoms with van der Waals surface area (Å²) in [5, 5.41) is 4.69. The molecule has 4 heterocycles. The predicted octanol–water partition coefficient (Wildman–Crippen LogP) is 2.52. The van der Waals surface area contributed by atoms with Gasteiger partial charge in [-0.3, -0.25) is 14.5 Å². The van der Waals surface area contributed by atoms with E-state index in [0.29, 0.717) is 18.0 Å². The number of anilines is 1. The number of carbonyl (C=O) groups is 1. The number of H-pyrrole nitrogens is 1. The molecule has 0 atom stereocenters. The normalized spacial score (nSPS) is 17.4. The number of aromatic nitrogens is 4. The van der Waals surface area contributed by atoms with E-state index in [4.69, 9.17) is 5.10 Å². The summed E-state index contributed by atoms with van der Waals surface area (Å²) < 4.78 is 1.81. The van der Waals surface area contributed by atoms with E-state index in [2.05, 4.69) is 19.8 Å². The van der Waals surface area contributed by atoms with Gasteiger partial charge in [-0.1, -0.05) is 6.92 Å². The summed E-state index contributed by atoms with van der Waals surface area (Å²) >= 11 is 0. The lowest BCUT2D eigenvalue weighted by Crippen LogP contribution is -2.46. The number of rotatable bonds is 6. The number of ketones is 1. The number of aromatic amines is 1. The first-order valence-corrected chi connectivity index (χ1v) is 11.1. The highest BCUT2D eigenvalue weighted by molar-refractivity contribution is 5.94. The molecule has 0 spiro atoms. The molecule has 1 N–H and O–H groups in total. The third-order valence-corrected chi connectivity index (χ3v) is 6.33. The molecule has 5 rings (SSSR count). The average molecular weight is 421 g/mol. The average Bonchev–Trinajstić information content (AvgIpc) is 3.54. The van der Waals surface area contributed by atoms with Crippen LogP contribution in [0.25, 0.3) is 5.65 Å². The fourth-order valence-corrected chi connectivity index (χ4v) is 4.38. The highest BCUT2D eigenvalue weighted by Crippen LogP contribution is 2.38. The lowest BCUT2D eigenvalue weighted by Gasteiger charge is -2.36. The topological polar surface area (TPSA) is 86.6 Å². The summed E-state index contributed by atoms with van der Waals surface area (Å²) in [6.07, 6.45) is 4.57. The molecule has 1 saturated carbocycles. The molecule has 8 heteroatoms. The molecule has 3 aromatic rings. The molecule has 3 aromatic heterocycles. The van der Waals surface area contributed by atoms with E-state index < -0.39 is 0 Å². The van der Waals surface area contributed by atoms with Crippen molar-refractivity contribution in [2.75, 3.05) is 31.1 Å². The number of piperazine rings is 1. The lowest BCUT2D eigenvalue weighted by molar-refractivity contribution is 0.0983. The minimum atomic E-state index is 0.0192. The maximum absolute atomic E-state index is 12.3. The van der Waals surface area contributed by atoms with Gasteiger partial charge < -0.3 is 9.88 Å². The Hall–Kier alpha value is -3.00. The van der Waals surface area contributed by atoms with E-state index in [0.717, 1.165) is 73.9 Å². The molecule has 1 aliphatic heterocycles. The number of hydrogen-bond acceptors (Lipinski definition) is 6. The molecule has 0 bridgehead atoms. The van der Waals surface area contributed by atoms with Crippen LogP contribution in [0.5, 0.6) is 0 Å². The first-order chi connectivity index (χ1) is 15.0. The maximum atomic E-state index is 12.3. The quantitative estimate of drug-likeness (QED) is 0.617. The summed E-state index contributed by atoms with van der Waals surface area (Å²) in [6.45, 7) is 8.25. The van der Waals surface area contributed by atoms with Crippen LogP contribution in [0.1, 0.15) is 59.5 Å². The summed E-state index contributed by atoms with van der Waals surface area (Å²) in [6, 6.07) is 5.84. The lowest BCUT2D eigenvalue weighted by atomic mass is 10.1. The number of fused-ring (bicyclic) bond motifs is 1. The maximum Gasteiger partial charge on any atom is 0.254 e. The van der Waals surface area contributed by atoms with Crippen molar-refractivity contribution in [3.8, 4) is 0 Å². The van der Waals surface area contributed by atoms with Crippen LogP contribution in [0.4, 0.5) is 5.69 Å². The van der Waals surface area contributed by atoms with Gasteiger partial charge in [0.2, 0.25) is 0 Å². The third kappa shape index (κ3) is 3.99. The van der Waals surface area contributed by atoms with Crippen LogP contribution in [0.2, 0.25) is 0 Å². The van der Waals surface area contributed by atoms with Gasteiger partial charge in [0.05, 0.1) is 17.1 Å². The number of nitrogens with one attached hydrogen (secondary N) is 1. The Morgan fingerprint density at radius 2 is 1.97 bits per heavy atom. The highest BCUT2D eigenvalue weighted by atomic mass is 16.1. The largest absolute Gasteiger partial charge is 0.368 e. The Balaban J connectivity index is 1.24. The van der Waals surface area contributed by atoms with Crippen LogP contribution in [-0.2, 0) is 6.54 Å². The number of nitrogens with zero attached hydrogens (tertiary/aromatic N) is 5.